The van der Waals surface area contributed by atoms with Gasteiger partial charge in [-0.2, -0.15) is 0 Å². The molecule has 2 N–H and O–H groups in total. The quantitative estimate of drug-likeness (QED) is 0.608. The van der Waals surface area contributed by atoms with Crippen LogP contribution in [0.4, 0.5) is 0 Å². The molecular weight excluding hydrogens is 274 g/mol. The van der Waals surface area contributed by atoms with Crippen molar-refractivity contribution in [2.75, 3.05) is 13.7 Å². The highest BCUT2D eigenvalue weighted by Gasteiger charge is 2.12. The van der Waals surface area contributed by atoms with Crippen molar-refractivity contribution in [3.63, 3.8) is 0 Å². The van der Waals surface area contributed by atoms with Crippen LogP contribution in [0.1, 0.15) is 19.4 Å². The van der Waals surface area contributed by atoms with Crippen LogP contribution in [-0.4, -0.2) is 31.7 Å². The van der Waals surface area contributed by atoms with E-state index in [0.717, 1.165) is 5.56 Å². The summed E-state index contributed by atoms with van der Waals surface area (Å²) in [5, 5.41) is 0. The SMILES string of the molecule is CCOc1cc(/C=C/C(=O)O[C@H](C)C(N)=O)ccc1OC. The number of esters is 1. The summed E-state index contributed by atoms with van der Waals surface area (Å²) in [6.07, 6.45) is 1.81. The van der Waals surface area contributed by atoms with Crippen LogP contribution in [0.2, 0.25) is 0 Å². The van der Waals surface area contributed by atoms with Crippen molar-refractivity contribution in [2.45, 2.75) is 20.0 Å². The minimum absolute atomic E-state index is 0.502. The van der Waals surface area contributed by atoms with Crippen molar-refractivity contribution in [1.82, 2.24) is 0 Å². The lowest BCUT2D eigenvalue weighted by molar-refractivity contribution is -0.148. The summed E-state index contributed by atoms with van der Waals surface area (Å²) in [5.74, 6) is -0.144. The number of benzene rings is 1. The standard InChI is InChI=1S/C15H19NO5/c1-4-20-13-9-11(5-7-12(13)19-3)6-8-14(17)21-10(2)15(16)18/h5-10H,4H2,1-3H3,(H2,16,18)/b8-6+/t10-/m1/s1. The van der Waals surface area contributed by atoms with Crippen LogP contribution in [0, 0.1) is 0 Å². The number of primary amides is 1. The molecule has 0 heterocycles. The molecule has 0 aliphatic carbocycles. The van der Waals surface area contributed by atoms with E-state index >= 15 is 0 Å². The fraction of sp³-hybridized carbons (Fsp3) is 0.333. The number of nitrogens with two attached hydrogens (primary N) is 1. The van der Waals surface area contributed by atoms with Crippen LogP contribution < -0.4 is 15.2 Å². The van der Waals surface area contributed by atoms with Gasteiger partial charge in [0.2, 0.25) is 0 Å². The molecule has 1 aromatic carbocycles. The van der Waals surface area contributed by atoms with E-state index in [-0.39, 0.29) is 0 Å². The van der Waals surface area contributed by atoms with Gasteiger partial charge in [0.1, 0.15) is 0 Å². The monoisotopic (exact) mass is 293 g/mol. The van der Waals surface area contributed by atoms with E-state index in [0.29, 0.717) is 18.1 Å². The summed E-state index contributed by atoms with van der Waals surface area (Å²) in [5.41, 5.74) is 5.74. The minimum Gasteiger partial charge on any atom is -0.493 e. The highest BCUT2D eigenvalue weighted by atomic mass is 16.5. The van der Waals surface area contributed by atoms with Gasteiger partial charge in [0.15, 0.2) is 17.6 Å². The van der Waals surface area contributed by atoms with Crippen LogP contribution in [0.15, 0.2) is 24.3 Å². The predicted molar refractivity (Wildman–Crippen MR) is 77.9 cm³/mol. The predicted octanol–water partition coefficient (Wildman–Crippen LogP) is 1.52. The third-order valence-corrected chi connectivity index (χ3v) is 2.59. The smallest absolute Gasteiger partial charge is 0.331 e. The highest BCUT2D eigenvalue weighted by molar-refractivity contribution is 5.90. The Morgan fingerprint density at radius 2 is 2.05 bits per heavy atom. The Bertz CT molecular complexity index is 539. The summed E-state index contributed by atoms with van der Waals surface area (Å²) in [4.78, 5) is 22.3. The first-order valence-corrected chi connectivity index (χ1v) is 6.46. The maximum Gasteiger partial charge on any atom is 0.331 e. The second kappa shape index (κ2) is 7.94. The maximum atomic E-state index is 11.5. The van der Waals surface area contributed by atoms with Crippen LogP contribution >= 0.6 is 0 Å². The summed E-state index contributed by atoms with van der Waals surface area (Å²) in [6.45, 7) is 3.78. The van der Waals surface area contributed by atoms with Gasteiger partial charge in [-0.1, -0.05) is 6.07 Å². The first-order chi connectivity index (χ1) is 9.97. The van der Waals surface area contributed by atoms with Gasteiger partial charge in [-0.15, -0.1) is 0 Å². The van der Waals surface area contributed by atoms with Crippen molar-refractivity contribution in [3.05, 3.63) is 29.8 Å². The molecule has 0 radical (unpaired) electrons. The Hall–Kier alpha value is -2.50. The number of rotatable bonds is 7. The molecule has 0 saturated carbocycles. The Morgan fingerprint density at radius 3 is 2.62 bits per heavy atom. The van der Waals surface area contributed by atoms with Crippen LogP contribution in [0.3, 0.4) is 0 Å². The van der Waals surface area contributed by atoms with Gasteiger partial charge in [-0.25, -0.2) is 4.79 Å². The lowest BCUT2D eigenvalue weighted by Crippen LogP contribution is -2.29. The zero-order valence-corrected chi connectivity index (χ0v) is 12.3. The molecule has 114 valence electrons. The Morgan fingerprint density at radius 1 is 1.33 bits per heavy atom. The van der Waals surface area contributed by atoms with Gasteiger partial charge in [-0.3, -0.25) is 4.79 Å². The van der Waals surface area contributed by atoms with E-state index in [4.69, 9.17) is 19.9 Å². The van der Waals surface area contributed by atoms with Crippen molar-refractivity contribution in [2.24, 2.45) is 5.73 Å². The van der Waals surface area contributed by atoms with Gasteiger partial charge in [0.25, 0.3) is 5.91 Å². The molecule has 1 amide bonds. The molecule has 21 heavy (non-hydrogen) atoms. The molecule has 0 aromatic heterocycles. The number of hydrogen-bond donors (Lipinski definition) is 1. The second-order valence-corrected chi connectivity index (χ2v) is 4.16. The zero-order valence-electron chi connectivity index (χ0n) is 12.3. The van der Waals surface area contributed by atoms with Gasteiger partial charge < -0.3 is 19.9 Å². The van der Waals surface area contributed by atoms with Gasteiger partial charge in [-0.05, 0) is 37.6 Å². The van der Waals surface area contributed by atoms with Crippen molar-refractivity contribution in [1.29, 1.82) is 0 Å². The molecule has 1 rings (SSSR count). The van der Waals surface area contributed by atoms with Crippen LogP contribution in [0.25, 0.3) is 6.08 Å². The van der Waals surface area contributed by atoms with E-state index in [1.54, 1.807) is 31.4 Å². The number of amides is 1. The lowest BCUT2D eigenvalue weighted by atomic mass is 10.2. The third-order valence-electron chi connectivity index (χ3n) is 2.59. The number of methoxy groups -OCH3 is 1. The first-order valence-electron chi connectivity index (χ1n) is 6.46. The molecule has 0 spiro atoms. The van der Waals surface area contributed by atoms with Crippen molar-refractivity contribution in [3.8, 4) is 11.5 Å². The molecule has 6 heteroatoms. The van der Waals surface area contributed by atoms with Crippen molar-refractivity contribution < 1.29 is 23.8 Å². The zero-order chi connectivity index (χ0) is 15.8. The molecule has 1 aromatic rings. The fourth-order valence-corrected chi connectivity index (χ4v) is 1.50. The van der Waals surface area contributed by atoms with Gasteiger partial charge in [0, 0.05) is 6.08 Å². The molecule has 0 aliphatic rings. The third kappa shape index (κ3) is 5.18. The summed E-state index contributed by atoms with van der Waals surface area (Å²) in [7, 11) is 1.55. The average Bonchev–Trinajstić information content (AvgIpc) is 2.45. The second-order valence-electron chi connectivity index (χ2n) is 4.16. The fourth-order valence-electron chi connectivity index (χ4n) is 1.50. The topological polar surface area (TPSA) is 87.9 Å². The number of carbonyl (C=O) groups is 2. The van der Waals surface area contributed by atoms with Crippen LogP contribution in [-0.2, 0) is 14.3 Å². The largest absolute Gasteiger partial charge is 0.493 e. The average molecular weight is 293 g/mol. The Labute approximate surface area is 123 Å². The van der Waals surface area contributed by atoms with E-state index in [1.165, 1.54) is 13.0 Å². The van der Waals surface area contributed by atoms with Crippen molar-refractivity contribution >= 4 is 18.0 Å². The van der Waals surface area contributed by atoms with E-state index < -0.39 is 18.0 Å². The number of carbonyl (C=O) groups excluding carboxylic acids is 2. The van der Waals surface area contributed by atoms with E-state index in [2.05, 4.69) is 0 Å². The molecule has 0 unspecified atom stereocenters. The molecule has 0 bridgehead atoms. The number of hydrogen-bond acceptors (Lipinski definition) is 5. The van der Waals surface area contributed by atoms with E-state index in [9.17, 15) is 9.59 Å². The van der Waals surface area contributed by atoms with E-state index in [1.807, 2.05) is 6.92 Å². The molecule has 0 fully saturated rings. The highest BCUT2D eigenvalue weighted by Crippen LogP contribution is 2.28. The molecule has 0 saturated heterocycles. The first kappa shape index (κ1) is 16.6. The molecule has 0 aliphatic heterocycles. The molecular formula is C15H19NO5. The van der Waals surface area contributed by atoms with Gasteiger partial charge in [0.05, 0.1) is 13.7 Å². The van der Waals surface area contributed by atoms with Gasteiger partial charge >= 0.3 is 5.97 Å². The summed E-state index contributed by atoms with van der Waals surface area (Å²) < 4.78 is 15.4. The summed E-state index contributed by atoms with van der Waals surface area (Å²) >= 11 is 0. The summed E-state index contributed by atoms with van der Waals surface area (Å²) in [6, 6.07) is 5.24. The molecule has 6 nitrogen and oxygen atoms in total. The normalized spacial score (nSPS) is 12.0. The lowest BCUT2D eigenvalue weighted by Gasteiger charge is -2.09. The maximum absolute atomic E-state index is 11.5. The number of ether oxygens (including phenoxy) is 3. The Balaban J connectivity index is 2.78. The molecule has 1 atom stereocenters. The Kier molecular flexibility index (Phi) is 6.26. The van der Waals surface area contributed by atoms with Crippen LogP contribution in [0.5, 0.6) is 11.5 Å². The minimum atomic E-state index is -0.961.